The molecule has 1 aromatic rings. The topological polar surface area (TPSA) is 67.9 Å². The molecule has 0 spiro atoms. The molecule has 2 rings (SSSR count). The first kappa shape index (κ1) is 18.1. The zero-order chi connectivity index (χ0) is 17.7. The molecule has 6 heteroatoms. The first-order valence-corrected chi connectivity index (χ1v) is 8.32. The fourth-order valence-corrected chi connectivity index (χ4v) is 2.99. The molecular weight excluding hydrogens is 308 g/mol. The minimum Gasteiger partial charge on any atom is -0.497 e. The number of amides is 2. The molecule has 1 N–H and O–H groups in total. The molecule has 0 aromatic heterocycles. The molecule has 1 aliphatic rings. The van der Waals surface area contributed by atoms with Gasteiger partial charge in [0.15, 0.2) is 0 Å². The van der Waals surface area contributed by atoms with Crippen molar-refractivity contribution < 1.29 is 19.1 Å². The molecule has 24 heavy (non-hydrogen) atoms. The maximum atomic E-state index is 12.4. The van der Waals surface area contributed by atoms with Gasteiger partial charge in [0.2, 0.25) is 11.8 Å². The van der Waals surface area contributed by atoms with Crippen LogP contribution in [0.5, 0.6) is 11.5 Å². The van der Waals surface area contributed by atoms with E-state index in [2.05, 4.69) is 12.2 Å². The van der Waals surface area contributed by atoms with Gasteiger partial charge in [0.25, 0.3) is 0 Å². The van der Waals surface area contributed by atoms with E-state index in [1.165, 1.54) is 0 Å². The Labute approximate surface area is 143 Å². The number of anilines is 1. The number of rotatable bonds is 7. The Bertz CT molecular complexity index is 603. The summed E-state index contributed by atoms with van der Waals surface area (Å²) >= 11 is 0. The lowest BCUT2D eigenvalue weighted by Crippen LogP contribution is -2.38. The lowest BCUT2D eigenvalue weighted by molar-refractivity contribution is -0.126. The summed E-state index contributed by atoms with van der Waals surface area (Å²) in [5.41, 5.74) is 0.638. The number of hydrogen-bond donors (Lipinski definition) is 1. The molecule has 2 atom stereocenters. The highest BCUT2D eigenvalue weighted by Gasteiger charge is 2.36. The number of ether oxygens (including phenoxy) is 2. The van der Waals surface area contributed by atoms with E-state index in [-0.39, 0.29) is 30.2 Å². The van der Waals surface area contributed by atoms with E-state index in [0.717, 1.165) is 12.8 Å². The molecule has 1 aliphatic heterocycles. The lowest BCUT2D eigenvalue weighted by Gasteiger charge is -2.21. The van der Waals surface area contributed by atoms with Crippen LogP contribution in [0.2, 0.25) is 0 Å². The smallest absolute Gasteiger partial charge is 0.227 e. The first-order chi connectivity index (χ1) is 11.5. The second-order valence-corrected chi connectivity index (χ2v) is 6.14. The van der Waals surface area contributed by atoms with Gasteiger partial charge in [-0.3, -0.25) is 9.59 Å². The molecule has 2 amide bonds. The Morgan fingerprint density at radius 3 is 2.75 bits per heavy atom. The Balaban J connectivity index is 2.14. The van der Waals surface area contributed by atoms with E-state index in [1.807, 2.05) is 6.92 Å². The van der Waals surface area contributed by atoms with Crippen LogP contribution in [0, 0.1) is 5.92 Å². The molecule has 0 saturated carbocycles. The van der Waals surface area contributed by atoms with Gasteiger partial charge in [-0.15, -0.1) is 0 Å². The Morgan fingerprint density at radius 1 is 1.38 bits per heavy atom. The Morgan fingerprint density at radius 2 is 2.12 bits per heavy atom. The minimum absolute atomic E-state index is 0.0614. The van der Waals surface area contributed by atoms with Gasteiger partial charge in [-0.2, -0.15) is 0 Å². The largest absolute Gasteiger partial charge is 0.497 e. The van der Waals surface area contributed by atoms with Crippen LogP contribution in [-0.4, -0.2) is 38.6 Å². The normalized spacial score (nSPS) is 18.4. The van der Waals surface area contributed by atoms with Crippen molar-refractivity contribution in [2.45, 2.75) is 39.2 Å². The third-order valence-corrected chi connectivity index (χ3v) is 4.28. The summed E-state index contributed by atoms with van der Waals surface area (Å²) in [7, 11) is 3.13. The van der Waals surface area contributed by atoms with Crippen LogP contribution in [0.25, 0.3) is 0 Å². The van der Waals surface area contributed by atoms with Crippen LogP contribution < -0.4 is 19.7 Å². The van der Waals surface area contributed by atoms with Crippen molar-refractivity contribution >= 4 is 17.5 Å². The predicted octanol–water partition coefficient (Wildman–Crippen LogP) is 2.36. The molecule has 1 aromatic carbocycles. The number of nitrogens with one attached hydrogen (secondary N) is 1. The maximum absolute atomic E-state index is 12.4. The highest BCUT2D eigenvalue weighted by atomic mass is 16.5. The fraction of sp³-hybridized carbons (Fsp3) is 0.556. The summed E-state index contributed by atoms with van der Waals surface area (Å²) in [4.78, 5) is 26.4. The minimum atomic E-state index is -0.340. The van der Waals surface area contributed by atoms with Crippen molar-refractivity contribution in [3.8, 4) is 11.5 Å². The van der Waals surface area contributed by atoms with E-state index in [4.69, 9.17) is 9.47 Å². The van der Waals surface area contributed by atoms with Gasteiger partial charge in [-0.1, -0.05) is 13.3 Å². The molecule has 0 radical (unpaired) electrons. The van der Waals surface area contributed by atoms with E-state index in [1.54, 1.807) is 37.3 Å². The van der Waals surface area contributed by atoms with Crippen molar-refractivity contribution in [1.29, 1.82) is 0 Å². The van der Waals surface area contributed by atoms with Crippen LogP contribution in [-0.2, 0) is 9.59 Å². The quantitative estimate of drug-likeness (QED) is 0.831. The van der Waals surface area contributed by atoms with Crippen molar-refractivity contribution in [3.63, 3.8) is 0 Å². The molecule has 132 valence electrons. The number of carbonyl (C=O) groups is 2. The second kappa shape index (κ2) is 8.04. The Hall–Kier alpha value is -2.24. The van der Waals surface area contributed by atoms with E-state index >= 15 is 0 Å². The van der Waals surface area contributed by atoms with Gasteiger partial charge < -0.3 is 19.7 Å². The third kappa shape index (κ3) is 3.99. The molecule has 1 fully saturated rings. The molecule has 0 aliphatic carbocycles. The summed E-state index contributed by atoms with van der Waals surface area (Å²) < 4.78 is 10.6. The first-order valence-electron chi connectivity index (χ1n) is 8.32. The van der Waals surface area contributed by atoms with E-state index < -0.39 is 0 Å². The van der Waals surface area contributed by atoms with Crippen molar-refractivity contribution in [1.82, 2.24) is 5.32 Å². The zero-order valence-corrected chi connectivity index (χ0v) is 14.8. The average molecular weight is 334 g/mol. The number of benzene rings is 1. The van der Waals surface area contributed by atoms with E-state index in [0.29, 0.717) is 23.7 Å². The monoisotopic (exact) mass is 334 g/mol. The summed E-state index contributed by atoms with van der Waals surface area (Å²) in [6.45, 7) is 4.42. The molecule has 6 nitrogen and oxygen atoms in total. The van der Waals surface area contributed by atoms with Crippen LogP contribution in [0.1, 0.15) is 33.1 Å². The van der Waals surface area contributed by atoms with E-state index in [9.17, 15) is 9.59 Å². The van der Waals surface area contributed by atoms with Crippen molar-refractivity contribution in [2.24, 2.45) is 5.92 Å². The molecule has 1 heterocycles. The third-order valence-electron chi connectivity index (χ3n) is 4.28. The van der Waals surface area contributed by atoms with Gasteiger partial charge in [0.1, 0.15) is 11.5 Å². The second-order valence-electron chi connectivity index (χ2n) is 6.14. The molecule has 1 saturated heterocycles. The summed E-state index contributed by atoms with van der Waals surface area (Å²) in [6, 6.07) is 5.42. The molecular formula is C18H26N2O4. The highest BCUT2D eigenvalue weighted by molar-refractivity contribution is 6.01. The number of carbonyl (C=O) groups excluding carboxylic acids is 2. The number of hydrogen-bond acceptors (Lipinski definition) is 4. The lowest BCUT2D eigenvalue weighted by atomic mass is 10.1. The molecule has 0 bridgehead atoms. The van der Waals surface area contributed by atoms with Gasteiger partial charge in [0, 0.05) is 25.1 Å². The summed E-state index contributed by atoms with van der Waals surface area (Å²) in [5, 5.41) is 2.99. The Kier molecular flexibility index (Phi) is 6.06. The summed E-state index contributed by atoms with van der Waals surface area (Å²) in [5.74, 6) is 0.749. The van der Waals surface area contributed by atoms with Gasteiger partial charge >= 0.3 is 0 Å². The fourth-order valence-electron chi connectivity index (χ4n) is 2.99. The number of nitrogens with zero attached hydrogens (tertiary/aromatic N) is 1. The van der Waals surface area contributed by atoms with Gasteiger partial charge in [-0.25, -0.2) is 0 Å². The van der Waals surface area contributed by atoms with Crippen LogP contribution in [0.3, 0.4) is 0 Å². The summed E-state index contributed by atoms with van der Waals surface area (Å²) in [6.07, 6.45) is 2.16. The average Bonchev–Trinajstić information content (AvgIpc) is 2.96. The SMILES string of the molecule is CCC[C@@H](C)NC(=O)[C@H]1CC(=O)N(c2cc(OC)ccc2OC)C1. The predicted molar refractivity (Wildman–Crippen MR) is 92.5 cm³/mol. The maximum Gasteiger partial charge on any atom is 0.227 e. The zero-order valence-electron chi connectivity index (χ0n) is 14.8. The van der Waals surface area contributed by atoms with Crippen LogP contribution in [0.4, 0.5) is 5.69 Å². The van der Waals surface area contributed by atoms with Gasteiger partial charge in [-0.05, 0) is 25.5 Å². The van der Waals surface area contributed by atoms with Crippen LogP contribution in [0.15, 0.2) is 18.2 Å². The highest BCUT2D eigenvalue weighted by Crippen LogP contribution is 2.36. The van der Waals surface area contributed by atoms with Crippen molar-refractivity contribution in [3.05, 3.63) is 18.2 Å². The van der Waals surface area contributed by atoms with Gasteiger partial charge in [0.05, 0.1) is 25.8 Å². The molecule has 0 unspecified atom stereocenters. The van der Waals surface area contributed by atoms with Crippen LogP contribution >= 0.6 is 0 Å². The van der Waals surface area contributed by atoms with Crippen molar-refractivity contribution in [2.75, 3.05) is 25.7 Å². The standard InChI is InChI=1S/C18H26N2O4/c1-5-6-12(2)19-18(22)13-9-17(21)20(11-13)15-10-14(23-3)7-8-16(15)24-4/h7-8,10,12-13H,5-6,9,11H2,1-4H3,(H,19,22)/t12-,13+/m1/s1. The number of methoxy groups -OCH3 is 2.